The maximum absolute atomic E-state index is 11.2. The fourth-order valence-corrected chi connectivity index (χ4v) is 2.58. The summed E-state index contributed by atoms with van der Waals surface area (Å²) in [5.74, 6) is 1.22. The molecule has 2 aromatic rings. The maximum atomic E-state index is 11.2. The van der Waals surface area contributed by atoms with Gasteiger partial charge in [-0.25, -0.2) is 4.98 Å². The van der Waals surface area contributed by atoms with Crippen LogP contribution in [0.25, 0.3) is 0 Å². The first-order valence-electron chi connectivity index (χ1n) is 7.61. The van der Waals surface area contributed by atoms with Crippen molar-refractivity contribution in [3.8, 4) is 5.75 Å². The molecule has 2 heterocycles. The third kappa shape index (κ3) is 3.39. The van der Waals surface area contributed by atoms with Gasteiger partial charge in [0.2, 0.25) is 5.91 Å². The number of carbonyl (C=O) groups is 1. The number of nitrogens with zero attached hydrogens (tertiary/aromatic N) is 2. The Hall–Kier alpha value is -2.69. The zero-order chi connectivity index (χ0) is 16.4. The van der Waals surface area contributed by atoms with Crippen LogP contribution < -0.4 is 10.1 Å². The molecule has 0 bridgehead atoms. The number of fused-ring (bicyclic) bond motifs is 1. The summed E-state index contributed by atoms with van der Waals surface area (Å²) in [5, 5.41) is 2.70. The second-order valence-corrected chi connectivity index (χ2v) is 5.76. The van der Waals surface area contributed by atoms with Gasteiger partial charge in [0.1, 0.15) is 11.6 Å². The number of nitrogens with one attached hydrogen (secondary N) is 1. The first-order valence-corrected chi connectivity index (χ1v) is 7.61. The number of hydrogen-bond donors (Lipinski definition) is 1. The number of anilines is 1. The van der Waals surface area contributed by atoms with Crippen LogP contribution in [0.1, 0.15) is 37.5 Å². The van der Waals surface area contributed by atoms with Gasteiger partial charge in [-0.3, -0.25) is 9.79 Å². The minimum atomic E-state index is -0.143. The molecule has 0 fully saturated rings. The van der Waals surface area contributed by atoms with Crippen LogP contribution in [-0.2, 0) is 11.3 Å². The van der Waals surface area contributed by atoms with Crippen molar-refractivity contribution >= 4 is 17.4 Å². The van der Waals surface area contributed by atoms with Crippen molar-refractivity contribution < 1.29 is 9.53 Å². The lowest BCUT2D eigenvalue weighted by molar-refractivity contribution is -0.114. The molecule has 5 nitrogen and oxygen atoms in total. The lowest BCUT2D eigenvalue weighted by Gasteiger charge is -2.12. The van der Waals surface area contributed by atoms with Crippen LogP contribution in [-0.4, -0.2) is 22.7 Å². The van der Waals surface area contributed by atoms with Crippen molar-refractivity contribution in [3.63, 3.8) is 0 Å². The predicted octanol–water partition coefficient (Wildman–Crippen LogP) is 3.18. The first kappa shape index (κ1) is 15.2. The topological polar surface area (TPSA) is 63.6 Å². The van der Waals surface area contributed by atoms with E-state index in [1.165, 1.54) is 12.5 Å². The maximum Gasteiger partial charge on any atom is 0.222 e. The van der Waals surface area contributed by atoms with Crippen LogP contribution in [0.5, 0.6) is 5.75 Å². The highest BCUT2D eigenvalue weighted by Crippen LogP contribution is 2.28. The van der Waals surface area contributed by atoms with E-state index in [1.54, 1.807) is 6.20 Å². The smallest absolute Gasteiger partial charge is 0.222 e. The number of carbonyl (C=O) groups excluding carboxylic acids is 1. The van der Waals surface area contributed by atoms with E-state index in [2.05, 4.69) is 21.4 Å². The second kappa shape index (κ2) is 6.20. The van der Waals surface area contributed by atoms with Crippen LogP contribution in [0.4, 0.5) is 5.82 Å². The molecule has 1 aromatic carbocycles. The van der Waals surface area contributed by atoms with Gasteiger partial charge in [0.05, 0.1) is 18.4 Å². The first-order chi connectivity index (χ1) is 11.0. The summed E-state index contributed by atoms with van der Waals surface area (Å²) in [6.07, 6.45) is 1.80. The third-order valence-corrected chi connectivity index (χ3v) is 3.45. The van der Waals surface area contributed by atoms with Gasteiger partial charge in [0.25, 0.3) is 0 Å². The Morgan fingerprint density at radius 1 is 1.26 bits per heavy atom. The molecule has 1 N–H and O–H groups in total. The summed E-state index contributed by atoms with van der Waals surface area (Å²) in [4.78, 5) is 20.0. The molecule has 0 spiro atoms. The number of amides is 1. The van der Waals surface area contributed by atoms with Gasteiger partial charge in [-0.05, 0) is 43.7 Å². The van der Waals surface area contributed by atoms with E-state index in [0.29, 0.717) is 12.4 Å². The van der Waals surface area contributed by atoms with E-state index in [-0.39, 0.29) is 12.0 Å². The Kier molecular flexibility index (Phi) is 4.10. The van der Waals surface area contributed by atoms with Crippen molar-refractivity contribution in [2.45, 2.75) is 33.4 Å². The second-order valence-electron chi connectivity index (χ2n) is 5.76. The van der Waals surface area contributed by atoms with Gasteiger partial charge >= 0.3 is 0 Å². The fraction of sp³-hybridized carbons (Fsp3) is 0.278. The molecule has 0 saturated carbocycles. The van der Waals surface area contributed by atoms with E-state index in [0.717, 1.165) is 22.6 Å². The van der Waals surface area contributed by atoms with Crippen molar-refractivity contribution in [2.75, 3.05) is 5.32 Å². The molecule has 0 saturated heterocycles. The normalized spacial score (nSPS) is 12.8. The lowest BCUT2D eigenvalue weighted by atomic mass is 10.0. The Balaban J connectivity index is 1.94. The van der Waals surface area contributed by atoms with Gasteiger partial charge in [0.15, 0.2) is 0 Å². The SMILES string of the molecule is CC(=O)Nc1cc(C2=NCc3ccc(OC(C)C)cc32)ccn1. The molecule has 1 amide bonds. The Labute approximate surface area is 135 Å². The molecule has 1 aromatic heterocycles. The standard InChI is InChI=1S/C18H19N3O2/c1-11(2)23-15-5-4-14-10-20-18(16(14)9-15)13-6-7-19-17(8-13)21-12(3)22/h4-9,11H,10H2,1-3H3,(H,19,21,22). The summed E-state index contributed by atoms with van der Waals surface area (Å²) >= 11 is 0. The van der Waals surface area contributed by atoms with E-state index < -0.39 is 0 Å². The van der Waals surface area contributed by atoms with E-state index in [4.69, 9.17) is 4.74 Å². The number of aliphatic imine (C=N–C) groups is 1. The van der Waals surface area contributed by atoms with Gasteiger partial charge < -0.3 is 10.1 Å². The molecule has 0 atom stereocenters. The Morgan fingerprint density at radius 3 is 2.83 bits per heavy atom. The minimum Gasteiger partial charge on any atom is -0.491 e. The molecule has 1 aliphatic heterocycles. The zero-order valence-corrected chi connectivity index (χ0v) is 13.5. The minimum absolute atomic E-state index is 0.127. The number of pyridine rings is 1. The average molecular weight is 309 g/mol. The van der Waals surface area contributed by atoms with E-state index >= 15 is 0 Å². The Bertz CT molecular complexity index is 782. The molecule has 1 aliphatic rings. The number of hydrogen-bond acceptors (Lipinski definition) is 4. The van der Waals surface area contributed by atoms with Crippen molar-refractivity contribution in [3.05, 3.63) is 53.2 Å². The van der Waals surface area contributed by atoms with Crippen LogP contribution >= 0.6 is 0 Å². The Morgan fingerprint density at radius 2 is 2.09 bits per heavy atom. The quantitative estimate of drug-likeness (QED) is 0.943. The fourth-order valence-electron chi connectivity index (χ4n) is 2.58. The molecule has 5 heteroatoms. The molecule has 0 aliphatic carbocycles. The number of benzene rings is 1. The number of ether oxygens (including phenoxy) is 1. The molecular formula is C18H19N3O2. The summed E-state index contributed by atoms with van der Waals surface area (Å²) in [7, 11) is 0. The third-order valence-electron chi connectivity index (χ3n) is 3.45. The van der Waals surface area contributed by atoms with Crippen molar-refractivity contribution in [1.82, 2.24) is 4.98 Å². The number of aromatic nitrogens is 1. The van der Waals surface area contributed by atoms with Crippen LogP contribution in [0, 0.1) is 0 Å². The van der Waals surface area contributed by atoms with Gasteiger partial charge in [-0.2, -0.15) is 0 Å². The summed E-state index contributed by atoms with van der Waals surface area (Å²) in [6.45, 7) is 6.13. The highest BCUT2D eigenvalue weighted by Gasteiger charge is 2.19. The predicted molar refractivity (Wildman–Crippen MR) is 90.1 cm³/mol. The summed E-state index contributed by atoms with van der Waals surface area (Å²) in [6, 6.07) is 9.80. The number of rotatable bonds is 4. The molecular weight excluding hydrogens is 290 g/mol. The average Bonchev–Trinajstić information content (AvgIpc) is 2.89. The highest BCUT2D eigenvalue weighted by atomic mass is 16.5. The lowest BCUT2D eigenvalue weighted by Crippen LogP contribution is -2.09. The highest BCUT2D eigenvalue weighted by molar-refractivity contribution is 6.15. The van der Waals surface area contributed by atoms with E-state index in [1.807, 2.05) is 38.1 Å². The van der Waals surface area contributed by atoms with Crippen LogP contribution in [0.15, 0.2) is 41.5 Å². The summed E-state index contributed by atoms with van der Waals surface area (Å²) < 4.78 is 5.78. The van der Waals surface area contributed by atoms with Crippen molar-refractivity contribution in [1.29, 1.82) is 0 Å². The summed E-state index contributed by atoms with van der Waals surface area (Å²) in [5.41, 5.74) is 4.09. The zero-order valence-electron chi connectivity index (χ0n) is 13.5. The molecule has 118 valence electrons. The van der Waals surface area contributed by atoms with Gasteiger partial charge in [-0.15, -0.1) is 0 Å². The molecule has 0 unspecified atom stereocenters. The van der Waals surface area contributed by atoms with E-state index in [9.17, 15) is 4.79 Å². The molecule has 3 rings (SSSR count). The molecule has 0 radical (unpaired) electrons. The van der Waals surface area contributed by atoms with Gasteiger partial charge in [-0.1, -0.05) is 6.07 Å². The monoisotopic (exact) mass is 309 g/mol. The van der Waals surface area contributed by atoms with Gasteiger partial charge in [0, 0.05) is 24.2 Å². The largest absolute Gasteiger partial charge is 0.491 e. The van der Waals surface area contributed by atoms with Crippen molar-refractivity contribution in [2.24, 2.45) is 4.99 Å². The van der Waals surface area contributed by atoms with Crippen LogP contribution in [0.2, 0.25) is 0 Å². The van der Waals surface area contributed by atoms with Crippen LogP contribution in [0.3, 0.4) is 0 Å². The molecule has 23 heavy (non-hydrogen) atoms.